The predicted octanol–water partition coefficient (Wildman–Crippen LogP) is -0.725. The first-order valence-corrected chi connectivity index (χ1v) is 7.79. The van der Waals surface area contributed by atoms with Crippen LogP contribution in [0.5, 0.6) is 0 Å². The van der Waals surface area contributed by atoms with Crippen molar-refractivity contribution in [1.82, 2.24) is 18.9 Å². The van der Waals surface area contributed by atoms with Gasteiger partial charge in [0, 0.05) is 46.5 Å². The van der Waals surface area contributed by atoms with E-state index in [0.717, 1.165) is 4.57 Å². The van der Waals surface area contributed by atoms with Gasteiger partial charge in [0.05, 0.1) is 6.26 Å². The van der Waals surface area contributed by atoms with E-state index in [9.17, 15) is 19.2 Å². The zero-order valence-corrected chi connectivity index (χ0v) is 14.0. The van der Waals surface area contributed by atoms with Crippen molar-refractivity contribution < 1.29 is 14.0 Å². The molecule has 0 atom stereocenters. The molecule has 3 heterocycles. The van der Waals surface area contributed by atoms with Crippen molar-refractivity contribution in [3.05, 3.63) is 56.8 Å². The summed E-state index contributed by atoms with van der Waals surface area (Å²) >= 11 is 0. The summed E-state index contributed by atoms with van der Waals surface area (Å²) in [7, 11) is 2.82. The van der Waals surface area contributed by atoms with Crippen LogP contribution in [0.25, 0.3) is 0 Å². The van der Waals surface area contributed by atoms with Crippen molar-refractivity contribution in [2.24, 2.45) is 14.1 Å². The standard InChI is InChI=1S/C16H18N4O5/c1-17-10-11(13(21)18(2)16(17)24)14(22)19-5-7-20(8-6-19)15(23)12-4-3-9-25-12/h3-4,9-10H,5-8H2,1-2H3. The van der Waals surface area contributed by atoms with E-state index in [-0.39, 0.29) is 17.2 Å². The Kier molecular flexibility index (Phi) is 4.30. The van der Waals surface area contributed by atoms with E-state index in [1.54, 1.807) is 17.0 Å². The lowest BCUT2D eigenvalue weighted by Crippen LogP contribution is -2.52. The minimum atomic E-state index is -0.623. The second-order valence-electron chi connectivity index (χ2n) is 5.86. The first-order valence-electron chi connectivity index (χ1n) is 7.79. The number of furan rings is 1. The number of aryl methyl sites for hydroxylation is 1. The van der Waals surface area contributed by atoms with Gasteiger partial charge in [0.15, 0.2) is 5.76 Å². The predicted molar refractivity (Wildman–Crippen MR) is 87.4 cm³/mol. The van der Waals surface area contributed by atoms with Crippen LogP contribution in [0.3, 0.4) is 0 Å². The minimum Gasteiger partial charge on any atom is -0.459 e. The maximum Gasteiger partial charge on any atom is 0.330 e. The van der Waals surface area contributed by atoms with E-state index >= 15 is 0 Å². The van der Waals surface area contributed by atoms with E-state index in [1.165, 1.54) is 36.0 Å². The monoisotopic (exact) mass is 346 g/mol. The third kappa shape index (κ3) is 3.00. The molecule has 0 aromatic carbocycles. The molecule has 1 fully saturated rings. The Morgan fingerprint density at radius 2 is 1.60 bits per heavy atom. The largest absolute Gasteiger partial charge is 0.459 e. The normalized spacial score (nSPS) is 14.6. The van der Waals surface area contributed by atoms with Crippen molar-refractivity contribution in [1.29, 1.82) is 0 Å². The minimum absolute atomic E-state index is 0.0598. The van der Waals surface area contributed by atoms with Crippen LogP contribution in [-0.2, 0) is 14.1 Å². The lowest BCUT2D eigenvalue weighted by molar-refractivity contribution is 0.0516. The Morgan fingerprint density at radius 3 is 2.16 bits per heavy atom. The molecule has 2 aromatic rings. The molecule has 1 aliphatic heterocycles. The van der Waals surface area contributed by atoms with Crippen LogP contribution in [0, 0.1) is 0 Å². The molecule has 0 unspecified atom stereocenters. The molecule has 0 saturated carbocycles. The molecule has 1 aliphatic rings. The highest BCUT2D eigenvalue weighted by Crippen LogP contribution is 2.10. The summed E-state index contributed by atoms with van der Waals surface area (Å²) in [6.45, 7) is 1.29. The molecule has 0 aliphatic carbocycles. The fourth-order valence-electron chi connectivity index (χ4n) is 2.79. The maximum atomic E-state index is 12.6. The van der Waals surface area contributed by atoms with E-state index in [1.807, 2.05) is 0 Å². The van der Waals surface area contributed by atoms with Gasteiger partial charge in [-0.3, -0.25) is 19.0 Å². The average Bonchev–Trinajstić information content (AvgIpc) is 3.16. The second kappa shape index (κ2) is 6.42. The van der Waals surface area contributed by atoms with Crippen LogP contribution < -0.4 is 11.2 Å². The van der Waals surface area contributed by atoms with Crippen molar-refractivity contribution >= 4 is 11.8 Å². The Hall–Kier alpha value is -3.10. The molecule has 0 spiro atoms. The number of carbonyl (C=O) groups excluding carboxylic acids is 2. The lowest BCUT2D eigenvalue weighted by Gasteiger charge is -2.34. The van der Waals surface area contributed by atoms with E-state index < -0.39 is 17.2 Å². The molecule has 2 amide bonds. The maximum absolute atomic E-state index is 12.6. The van der Waals surface area contributed by atoms with Gasteiger partial charge in [-0.25, -0.2) is 4.79 Å². The highest BCUT2D eigenvalue weighted by atomic mass is 16.3. The third-order valence-corrected chi connectivity index (χ3v) is 4.26. The second-order valence-corrected chi connectivity index (χ2v) is 5.86. The van der Waals surface area contributed by atoms with Gasteiger partial charge in [-0.2, -0.15) is 0 Å². The highest BCUT2D eigenvalue weighted by molar-refractivity contribution is 5.94. The summed E-state index contributed by atoms with van der Waals surface area (Å²) < 4.78 is 7.20. The fraction of sp³-hybridized carbons (Fsp3) is 0.375. The number of nitrogens with zero attached hydrogens (tertiary/aromatic N) is 4. The van der Waals surface area contributed by atoms with Gasteiger partial charge in [0.2, 0.25) is 0 Å². The zero-order valence-electron chi connectivity index (χ0n) is 14.0. The van der Waals surface area contributed by atoms with Gasteiger partial charge in [-0.15, -0.1) is 0 Å². The Balaban J connectivity index is 1.73. The summed E-state index contributed by atoms with van der Waals surface area (Å²) in [6, 6.07) is 3.23. The van der Waals surface area contributed by atoms with Gasteiger partial charge in [0.1, 0.15) is 5.56 Å². The number of piperazine rings is 1. The number of hydrogen-bond donors (Lipinski definition) is 0. The third-order valence-electron chi connectivity index (χ3n) is 4.26. The molecule has 1 saturated heterocycles. The average molecular weight is 346 g/mol. The summed E-state index contributed by atoms with van der Waals surface area (Å²) in [5.74, 6) is -0.414. The smallest absolute Gasteiger partial charge is 0.330 e. The summed E-state index contributed by atoms with van der Waals surface area (Å²) in [5, 5.41) is 0. The summed E-state index contributed by atoms with van der Waals surface area (Å²) in [6.07, 6.45) is 2.69. The number of amides is 2. The van der Waals surface area contributed by atoms with Gasteiger partial charge in [0.25, 0.3) is 17.4 Å². The molecule has 25 heavy (non-hydrogen) atoms. The number of aromatic nitrogens is 2. The first-order chi connectivity index (χ1) is 11.9. The van der Waals surface area contributed by atoms with E-state index in [2.05, 4.69) is 0 Å². The van der Waals surface area contributed by atoms with Gasteiger partial charge < -0.3 is 18.8 Å². The number of rotatable bonds is 2. The van der Waals surface area contributed by atoms with Gasteiger partial charge in [-0.1, -0.05) is 0 Å². The van der Waals surface area contributed by atoms with E-state index in [0.29, 0.717) is 26.2 Å². The van der Waals surface area contributed by atoms with Crippen molar-refractivity contribution in [3.63, 3.8) is 0 Å². The summed E-state index contributed by atoms with van der Waals surface area (Å²) in [5.41, 5.74) is -1.17. The molecular weight excluding hydrogens is 328 g/mol. The molecule has 0 N–H and O–H groups in total. The fourth-order valence-corrected chi connectivity index (χ4v) is 2.79. The molecule has 3 rings (SSSR count). The Labute approximate surface area is 142 Å². The quantitative estimate of drug-likeness (QED) is 0.714. The molecular formula is C16H18N4O5. The SMILES string of the molecule is Cn1cc(C(=O)N2CCN(C(=O)c3ccco3)CC2)c(=O)n(C)c1=O. The van der Waals surface area contributed by atoms with Crippen molar-refractivity contribution in [3.8, 4) is 0 Å². The molecule has 9 nitrogen and oxygen atoms in total. The number of carbonyl (C=O) groups is 2. The molecule has 2 aromatic heterocycles. The molecule has 132 valence electrons. The van der Waals surface area contributed by atoms with Crippen molar-refractivity contribution in [2.75, 3.05) is 26.2 Å². The zero-order chi connectivity index (χ0) is 18.1. The van der Waals surface area contributed by atoms with E-state index in [4.69, 9.17) is 4.42 Å². The highest BCUT2D eigenvalue weighted by Gasteiger charge is 2.28. The topological polar surface area (TPSA) is 97.8 Å². The van der Waals surface area contributed by atoms with Crippen LogP contribution in [0.2, 0.25) is 0 Å². The van der Waals surface area contributed by atoms with Crippen LogP contribution >= 0.6 is 0 Å². The van der Waals surface area contributed by atoms with Gasteiger partial charge in [-0.05, 0) is 12.1 Å². The number of hydrogen-bond acceptors (Lipinski definition) is 5. The van der Waals surface area contributed by atoms with Crippen LogP contribution in [0.15, 0.2) is 38.6 Å². The Morgan fingerprint density at radius 1 is 1.00 bits per heavy atom. The lowest BCUT2D eigenvalue weighted by atomic mass is 10.2. The molecule has 9 heteroatoms. The summed E-state index contributed by atoms with van der Waals surface area (Å²) in [4.78, 5) is 51.8. The molecule has 0 bridgehead atoms. The van der Waals surface area contributed by atoms with Gasteiger partial charge >= 0.3 is 5.69 Å². The van der Waals surface area contributed by atoms with Crippen LogP contribution in [0.1, 0.15) is 20.9 Å². The van der Waals surface area contributed by atoms with Crippen molar-refractivity contribution in [2.45, 2.75) is 0 Å². The first kappa shape index (κ1) is 16.7. The van der Waals surface area contributed by atoms with Crippen LogP contribution in [-0.4, -0.2) is 56.9 Å². The van der Waals surface area contributed by atoms with Crippen LogP contribution in [0.4, 0.5) is 0 Å². The Bertz CT molecular complexity index is 917. The molecule has 0 radical (unpaired) electrons.